The Hall–Kier alpha value is -3.09. The van der Waals surface area contributed by atoms with Crippen molar-refractivity contribution in [2.24, 2.45) is 0 Å². The van der Waals surface area contributed by atoms with Crippen LogP contribution in [-0.2, 0) is 9.53 Å². The van der Waals surface area contributed by atoms with Crippen molar-refractivity contribution in [2.75, 3.05) is 11.4 Å². The highest BCUT2D eigenvalue weighted by Gasteiger charge is 2.63. The van der Waals surface area contributed by atoms with Gasteiger partial charge in [0.1, 0.15) is 6.04 Å². The summed E-state index contributed by atoms with van der Waals surface area (Å²) in [5.74, 6) is -0.268. The number of urea groups is 1. The minimum Gasteiger partial charge on any atom is -0.447 e. The number of imide groups is 1. The number of fused-ring (bicyclic) bond motifs is 6. The number of anilines is 1. The topological polar surface area (TPSA) is 70.2 Å². The monoisotopic (exact) mass is 379 g/mol. The Morgan fingerprint density at radius 1 is 1.11 bits per heavy atom. The Labute approximate surface area is 162 Å². The second-order valence-corrected chi connectivity index (χ2v) is 7.85. The van der Waals surface area contributed by atoms with E-state index < -0.39 is 12.1 Å². The first-order valence-electron chi connectivity index (χ1n) is 9.58. The van der Waals surface area contributed by atoms with Gasteiger partial charge in [-0.15, -0.1) is 0 Å². The average Bonchev–Trinajstić information content (AvgIpc) is 3.33. The minimum atomic E-state index is -0.634. The van der Waals surface area contributed by atoms with Crippen molar-refractivity contribution in [3.05, 3.63) is 42.5 Å². The Morgan fingerprint density at radius 3 is 2.64 bits per heavy atom. The predicted molar refractivity (Wildman–Crippen MR) is 103 cm³/mol. The number of rotatable bonds is 2. The number of carbonyl (C=O) groups excluding carboxylic acids is 3. The summed E-state index contributed by atoms with van der Waals surface area (Å²) >= 11 is 0. The van der Waals surface area contributed by atoms with Gasteiger partial charge >= 0.3 is 12.1 Å². The molecule has 28 heavy (non-hydrogen) atoms. The van der Waals surface area contributed by atoms with Crippen LogP contribution in [0.5, 0.6) is 0 Å². The molecular weight excluding hydrogens is 358 g/mol. The summed E-state index contributed by atoms with van der Waals surface area (Å²) in [6.45, 7) is 4.01. The first-order chi connectivity index (χ1) is 13.5. The van der Waals surface area contributed by atoms with Gasteiger partial charge in [0, 0.05) is 11.9 Å². The van der Waals surface area contributed by atoms with Gasteiger partial charge in [0.05, 0.1) is 23.9 Å². The van der Waals surface area contributed by atoms with Crippen LogP contribution in [0, 0.1) is 0 Å². The molecule has 3 aliphatic heterocycles. The summed E-state index contributed by atoms with van der Waals surface area (Å²) in [6, 6.07) is 11.9. The highest BCUT2D eigenvalue weighted by atomic mass is 16.6. The molecule has 3 heterocycles. The van der Waals surface area contributed by atoms with E-state index in [1.165, 1.54) is 4.90 Å². The molecule has 7 nitrogen and oxygen atoms in total. The Morgan fingerprint density at radius 2 is 1.86 bits per heavy atom. The molecule has 2 aromatic carbocycles. The molecule has 4 amide bonds. The maximum atomic E-state index is 13.3. The van der Waals surface area contributed by atoms with Crippen LogP contribution in [-0.4, -0.2) is 58.6 Å². The van der Waals surface area contributed by atoms with E-state index >= 15 is 0 Å². The van der Waals surface area contributed by atoms with E-state index in [0.717, 1.165) is 10.8 Å². The minimum absolute atomic E-state index is 0.147. The van der Waals surface area contributed by atoms with Crippen molar-refractivity contribution in [1.82, 2.24) is 9.80 Å². The lowest BCUT2D eigenvalue weighted by molar-refractivity contribution is -0.121. The third-order valence-electron chi connectivity index (χ3n) is 5.84. The van der Waals surface area contributed by atoms with Gasteiger partial charge in [0.15, 0.2) is 0 Å². The van der Waals surface area contributed by atoms with E-state index in [0.29, 0.717) is 18.7 Å². The van der Waals surface area contributed by atoms with Crippen LogP contribution < -0.4 is 4.90 Å². The molecule has 0 aliphatic carbocycles. The first kappa shape index (κ1) is 17.0. The number of benzene rings is 2. The number of likely N-dealkylation sites (tertiary alicyclic amines) is 1. The largest absolute Gasteiger partial charge is 0.447 e. The van der Waals surface area contributed by atoms with Crippen LogP contribution >= 0.6 is 0 Å². The molecule has 0 spiro atoms. The average molecular weight is 379 g/mol. The van der Waals surface area contributed by atoms with E-state index in [2.05, 4.69) is 0 Å². The maximum Gasteiger partial charge on any atom is 0.410 e. The molecule has 0 aromatic heterocycles. The fourth-order valence-electron chi connectivity index (χ4n) is 4.76. The van der Waals surface area contributed by atoms with E-state index in [1.54, 1.807) is 29.7 Å². The van der Waals surface area contributed by atoms with Crippen molar-refractivity contribution in [3.8, 4) is 0 Å². The molecule has 3 saturated heterocycles. The van der Waals surface area contributed by atoms with Gasteiger partial charge in [-0.05, 0) is 31.7 Å². The maximum absolute atomic E-state index is 13.3. The summed E-state index contributed by atoms with van der Waals surface area (Å²) in [4.78, 5) is 43.5. The summed E-state index contributed by atoms with van der Waals surface area (Å²) in [5.41, 5.74) is 0.596. The van der Waals surface area contributed by atoms with Gasteiger partial charge in [0.25, 0.3) is 5.91 Å². The van der Waals surface area contributed by atoms with Gasteiger partial charge in [-0.25, -0.2) is 14.5 Å². The molecule has 3 fully saturated rings. The molecule has 2 aromatic rings. The van der Waals surface area contributed by atoms with Gasteiger partial charge < -0.3 is 14.5 Å². The summed E-state index contributed by atoms with van der Waals surface area (Å²) in [7, 11) is 0. The van der Waals surface area contributed by atoms with Crippen molar-refractivity contribution < 1.29 is 19.1 Å². The third kappa shape index (κ3) is 2.25. The van der Waals surface area contributed by atoms with Crippen molar-refractivity contribution >= 4 is 34.5 Å². The standard InChI is InChI=1S/C21H21N3O4/c1-12(2)28-21(27)22-11-14-10-17(22)18-19(25)24(20(26)23(14)18)16-9-5-7-13-6-3-4-8-15(13)16/h3-9,12,14,17-18H,10-11H2,1-2H3/t14-,17?,18+/m1/s1. The molecule has 0 saturated carbocycles. The molecule has 0 radical (unpaired) electrons. The van der Waals surface area contributed by atoms with E-state index in [-0.39, 0.29) is 30.1 Å². The lowest BCUT2D eigenvalue weighted by Gasteiger charge is -2.34. The molecular formula is C21H21N3O4. The highest BCUT2D eigenvalue weighted by molar-refractivity contribution is 6.25. The third-order valence-corrected chi connectivity index (χ3v) is 5.84. The normalized spacial score (nSPS) is 26.0. The first-order valence-corrected chi connectivity index (χ1v) is 9.58. The quantitative estimate of drug-likeness (QED) is 0.752. The molecule has 1 unspecified atom stereocenters. The van der Waals surface area contributed by atoms with Crippen LogP contribution in [0.25, 0.3) is 10.8 Å². The number of ether oxygens (including phenoxy) is 1. The van der Waals surface area contributed by atoms with E-state index in [1.807, 2.05) is 36.4 Å². The molecule has 3 aliphatic rings. The zero-order chi connectivity index (χ0) is 19.6. The lowest BCUT2D eigenvalue weighted by atomic mass is 10.1. The molecule has 3 atom stereocenters. The second kappa shape index (κ2) is 5.95. The number of amides is 4. The van der Waals surface area contributed by atoms with E-state index in [4.69, 9.17) is 4.74 Å². The smallest absolute Gasteiger partial charge is 0.410 e. The molecule has 144 valence electrons. The van der Waals surface area contributed by atoms with Gasteiger partial charge in [-0.2, -0.15) is 0 Å². The number of carbonyl (C=O) groups is 3. The van der Waals surface area contributed by atoms with Gasteiger partial charge in [-0.1, -0.05) is 36.4 Å². The highest BCUT2D eigenvalue weighted by Crippen LogP contribution is 2.43. The summed E-state index contributed by atoms with van der Waals surface area (Å²) in [5, 5.41) is 1.83. The molecule has 5 rings (SSSR count). The zero-order valence-electron chi connectivity index (χ0n) is 15.7. The fourth-order valence-corrected chi connectivity index (χ4v) is 4.76. The van der Waals surface area contributed by atoms with Crippen LogP contribution in [0.3, 0.4) is 0 Å². The number of hydrogen-bond donors (Lipinski definition) is 0. The number of nitrogens with zero attached hydrogens (tertiary/aromatic N) is 3. The van der Waals surface area contributed by atoms with Gasteiger partial charge in [-0.3, -0.25) is 4.79 Å². The Kier molecular flexibility index (Phi) is 3.62. The van der Waals surface area contributed by atoms with Crippen molar-refractivity contribution in [2.45, 2.75) is 44.5 Å². The van der Waals surface area contributed by atoms with Crippen LogP contribution in [0.15, 0.2) is 42.5 Å². The Bertz CT molecular complexity index is 999. The van der Waals surface area contributed by atoms with Crippen LogP contribution in [0.4, 0.5) is 15.3 Å². The van der Waals surface area contributed by atoms with Crippen molar-refractivity contribution in [3.63, 3.8) is 0 Å². The molecule has 2 bridgehead atoms. The number of piperazine rings is 1. The van der Waals surface area contributed by atoms with E-state index in [9.17, 15) is 14.4 Å². The second-order valence-electron chi connectivity index (χ2n) is 7.85. The Balaban J connectivity index is 1.50. The SMILES string of the molecule is CC(C)OC(=O)N1C[C@H]2CC1[C@H]1C(=O)N(c3cccc4ccccc34)C(=O)N21. The molecule has 7 heteroatoms. The number of hydrogen-bond acceptors (Lipinski definition) is 4. The van der Waals surface area contributed by atoms with Crippen molar-refractivity contribution in [1.29, 1.82) is 0 Å². The van der Waals surface area contributed by atoms with Crippen LogP contribution in [0.2, 0.25) is 0 Å². The lowest BCUT2D eigenvalue weighted by Crippen LogP contribution is -2.55. The van der Waals surface area contributed by atoms with Crippen LogP contribution in [0.1, 0.15) is 20.3 Å². The van der Waals surface area contributed by atoms with Gasteiger partial charge in [0.2, 0.25) is 0 Å². The zero-order valence-corrected chi connectivity index (χ0v) is 15.7. The summed E-state index contributed by atoms with van der Waals surface area (Å²) in [6.07, 6.45) is -0.0135. The molecule has 0 N–H and O–H groups in total. The summed E-state index contributed by atoms with van der Waals surface area (Å²) < 4.78 is 5.33. The predicted octanol–water partition coefficient (Wildman–Crippen LogP) is 2.98. The fraction of sp³-hybridized carbons (Fsp3) is 0.381.